The van der Waals surface area contributed by atoms with Gasteiger partial charge in [-0.15, -0.1) is 0 Å². The minimum atomic E-state index is -0.256. The Morgan fingerprint density at radius 3 is 2.88 bits per heavy atom. The molecule has 0 aromatic carbocycles. The molecular formula is C17H20N4O3. The number of piperidine rings is 1. The Labute approximate surface area is 140 Å². The van der Waals surface area contributed by atoms with Crippen LogP contribution < -0.4 is 0 Å². The van der Waals surface area contributed by atoms with E-state index in [4.69, 9.17) is 4.74 Å². The van der Waals surface area contributed by atoms with E-state index >= 15 is 0 Å². The van der Waals surface area contributed by atoms with E-state index in [-0.39, 0.29) is 17.8 Å². The van der Waals surface area contributed by atoms with Crippen LogP contribution in [0.4, 0.5) is 0 Å². The van der Waals surface area contributed by atoms with Crippen molar-refractivity contribution < 1.29 is 14.3 Å². The number of hydrogen-bond donors (Lipinski definition) is 0. The SMILES string of the molecule is COC(=O)C1CCCN(C(=O)c2cnn(-c3ccccn3)c2C)C1. The van der Waals surface area contributed by atoms with E-state index in [1.165, 1.54) is 7.11 Å². The number of carbonyl (C=O) groups is 2. The molecule has 2 aromatic rings. The number of ether oxygens (including phenoxy) is 1. The highest BCUT2D eigenvalue weighted by Crippen LogP contribution is 2.21. The van der Waals surface area contributed by atoms with Gasteiger partial charge in [-0.05, 0) is 31.9 Å². The molecule has 1 saturated heterocycles. The summed E-state index contributed by atoms with van der Waals surface area (Å²) in [6.45, 7) is 2.87. The topological polar surface area (TPSA) is 77.3 Å². The third-order valence-corrected chi connectivity index (χ3v) is 4.35. The van der Waals surface area contributed by atoms with E-state index in [2.05, 4.69) is 10.1 Å². The van der Waals surface area contributed by atoms with Gasteiger partial charge in [0.2, 0.25) is 0 Å². The minimum Gasteiger partial charge on any atom is -0.469 e. The Bertz CT molecular complexity index is 742. The number of methoxy groups -OCH3 is 1. The van der Waals surface area contributed by atoms with Crippen LogP contribution in [0.15, 0.2) is 30.6 Å². The van der Waals surface area contributed by atoms with Crippen LogP contribution in [0.2, 0.25) is 0 Å². The molecule has 0 spiro atoms. The lowest BCUT2D eigenvalue weighted by atomic mass is 9.97. The molecule has 1 unspecified atom stereocenters. The smallest absolute Gasteiger partial charge is 0.310 e. The molecule has 0 bridgehead atoms. The van der Waals surface area contributed by atoms with Crippen molar-refractivity contribution >= 4 is 11.9 Å². The lowest BCUT2D eigenvalue weighted by molar-refractivity contribution is -0.146. The number of carbonyl (C=O) groups excluding carboxylic acids is 2. The monoisotopic (exact) mass is 328 g/mol. The van der Waals surface area contributed by atoms with Crippen molar-refractivity contribution in [3.8, 4) is 5.82 Å². The fraction of sp³-hybridized carbons (Fsp3) is 0.412. The van der Waals surface area contributed by atoms with Crippen LogP contribution >= 0.6 is 0 Å². The van der Waals surface area contributed by atoms with Gasteiger partial charge < -0.3 is 9.64 Å². The molecule has 24 heavy (non-hydrogen) atoms. The summed E-state index contributed by atoms with van der Waals surface area (Å²) in [5.41, 5.74) is 1.27. The van der Waals surface area contributed by atoms with Crippen LogP contribution in [0.25, 0.3) is 5.82 Å². The number of aromatic nitrogens is 3. The second-order valence-electron chi connectivity index (χ2n) is 5.86. The zero-order valence-corrected chi connectivity index (χ0v) is 13.8. The molecule has 0 radical (unpaired) electrons. The summed E-state index contributed by atoms with van der Waals surface area (Å²) in [6.07, 6.45) is 4.79. The van der Waals surface area contributed by atoms with E-state index in [1.54, 1.807) is 22.0 Å². The van der Waals surface area contributed by atoms with E-state index in [0.717, 1.165) is 18.5 Å². The Hall–Kier alpha value is -2.70. The van der Waals surface area contributed by atoms with Crippen molar-refractivity contribution in [3.05, 3.63) is 41.9 Å². The zero-order chi connectivity index (χ0) is 17.1. The molecule has 1 aliphatic heterocycles. The molecule has 2 aromatic heterocycles. The van der Waals surface area contributed by atoms with E-state index in [1.807, 2.05) is 25.1 Å². The fourth-order valence-corrected chi connectivity index (χ4v) is 3.02. The maximum Gasteiger partial charge on any atom is 0.310 e. The van der Waals surface area contributed by atoms with Crippen LogP contribution in [0, 0.1) is 12.8 Å². The van der Waals surface area contributed by atoms with Crippen LogP contribution in [0.3, 0.4) is 0 Å². The molecule has 0 saturated carbocycles. The van der Waals surface area contributed by atoms with E-state index < -0.39 is 0 Å². The van der Waals surface area contributed by atoms with Gasteiger partial charge in [-0.3, -0.25) is 9.59 Å². The average Bonchev–Trinajstić information content (AvgIpc) is 3.02. The summed E-state index contributed by atoms with van der Waals surface area (Å²) in [6, 6.07) is 5.54. The Morgan fingerprint density at radius 2 is 2.17 bits per heavy atom. The Kier molecular flexibility index (Phi) is 4.59. The number of hydrogen-bond acceptors (Lipinski definition) is 5. The molecule has 0 N–H and O–H groups in total. The van der Waals surface area contributed by atoms with Gasteiger partial charge in [0.25, 0.3) is 5.91 Å². The molecule has 126 valence electrons. The lowest BCUT2D eigenvalue weighted by Gasteiger charge is -2.31. The summed E-state index contributed by atoms with van der Waals surface area (Å²) in [7, 11) is 1.38. The number of esters is 1. The van der Waals surface area contributed by atoms with Gasteiger partial charge in [-0.2, -0.15) is 5.10 Å². The number of amides is 1. The fourth-order valence-electron chi connectivity index (χ4n) is 3.02. The van der Waals surface area contributed by atoms with Gasteiger partial charge >= 0.3 is 5.97 Å². The molecule has 1 fully saturated rings. The molecule has 0 aliphatic carbocycles. The van der Waals surface area contributed by atoms with Crippen LogP contribution in [0.5, 0.6) is 0 Å². The third-order valence-electron chi connectivity index (χ3n) is 4.35. The molecule has 1 atom stereocenters. The number of rotatable bonds is 3. The molecule has 3 heterocycles. The van der Waals surface area contributed by atoms with Crippen molar-refractivity contribution in [1.82, 2.24) is 19.7 Å². The van der Waals surface area contributed by atoms with Crippen molar-refractivity contribution in [2.45, 2.75) is 19.8 Å². The highest BCUT2D eigenvalue weighted by molar-refractivity contribution is 5.95. The van der Waals surface area contributed by atoms with Crippen LogP contribution in [0.1, 0.15) is 28.9 Å². The summed E-state index contributed by atoms with van der Waals surface area (Å²) in [5, 5.41) is 4.29. The van der Waals surface area contributed by atoms with Crippen LogP contribution in [-0.2, 0) is 9.53 Å². The summed E-state index contributed by atoms with van der Waals surface area (Å²) in [4.78, 5) is 30.5. The first-order valence-corrected chi connectivity index (χ1v) is 7.95. The normalized spacial score (nSPS) is 17.6. The zero-order valence-electron chi connectivity index (χ0n) is 13.8. The Morgan fingerprint density at radius 1 is 1.33 bits per heavy atom. The van der Waals surface area contributed by atoms with Gasteiger partial charge in [-0.1, -0.05) is 6.07 Å². The quantitative estimate of drug-likeness (QED) is 0.800. The molecule has 7 heteroatoms. The molecule has 1 amide bonds. The van der Waals surface area contributed by atoms with Gasteiger partial charge in [-0.25, -0.2) is 9.67 Å². The van der Waals surface area contributed by atoms with Crippen molar-refractivity contribution in [2.75, 3.05) is 20.2 Å². The molecule has 1 aliphatic rings. The summed E-state index contributed by atoms with van der Waals surface area (Å²) >= 11 is 0. The van der Waals surface area contributed by atoms with Crippen molar-refractivity contribution in [1.29, 1.82) is 0 Å². The third kappa shape index (κ3) is 3.02. The van der Waals surface area contributed by atoms with Gasteiger partial charge in [0.1, 0.15) is 0 Å². The van der Waals surface area contributed by atoms with Gasteiger partial charge in [0, 0.05) is 19.3 Å². The van der Waals surface area contributed by atoms with Crippen molar-refractivity contribution in [2.24, 2.45) is 5.92 Å². The van der Waals surface area contributed by atoms with Crippen LogP contribution in [-0.4, -0.2) is 51.7 Å². The first-order valence-electron chi connectivity index (χ1n) is 7.95. The standard InChI is InChI=1S/C17H20N4O3/c1-12-14(10-19-21(12)15-7-3-4-8-18-15)16(22)20-9-5-6-13(11-20)17(23)24-2/h3-4,7-8,10,13H,5-6,9,11H2,1-2H3. The second kappa shape index (κ2) is 6.82. The predicted octanol–water partition coefficient (Wildman–Crippen LogP) is 1.60. The lowest BCUT2D eigenvalue weighted by Crippen LogP contribution is -2.42. The first kappa shape index (κ1) is 16.2. The summed E-state index contributed by atoms with van der Waals surface area (Å²) < 4.78 is 6.46. The molecular weight excluding hydrogens is 308 g/mol. The van der Waals surface area contributed by atoms with E-state index in [0.29, 0.717) is 24.5 Å². The number of likely N-dealkylation sites (tertiary alicyclic amines) is 1. The minimum absolute atomic E-state index is 0.108. The average molecular weight is 328 g/mol. The van der Waals surface area contributed by atoms with Crippen molar-refractivity contribution in [3.63, 3.8) is 0 Å². The number of nitrogens with zero attached hydrogens (tertiary/aromatic N) is 4. The number of pyridine rings is 1. The maximum absolute atomic E-state index is 12.8. The Balaban J connectivity index is 1.81. The maximum atomic E-state index is 12.8. The highest BCUT2D eigenvalue weighted by atomic mass is 16.5. The highest BCUT2D eigenvalue weighted by Gasteiger charge is 2.30. The van der Waals surface area contributed by atoms with Gasteiger partial charge in [0.05, 0.1) is 30.5 Å². The van der Waals surface area contributed by atoms with E-state index in [9.17, 15) is 9.59 Å². The summed E-state index contributed by atoms with van der Waals surface area (Å²) in [5.74, 6) is 0.0515. The van der Waals surface area contributed by atoms with Gasteiger partial charge in [0.15, 0.2) is 5.82 Å². The second-order valence-corrected chi connectivity index (χ2v) is 5.86. The predicted molar refractivity (Wildman–Crippen MR) is 86.7 cm³/mol. The molecule has 7 nitrogen and oxygen atoms in total. The largest absolute Gasteiger partial charge is 0.469 e. The molecule has 3 rings (SSSR count). The first-order chi connectivity index (χ1) is 11.6.